The minimum Gasteiger partial charge on any atom is -0.505 e. The van der Waals surface area contributed by atoms with Crippen LogP contribution >= 0.6 is 23.2 Å². The maximum atomic E-state index is 13.1. The number of amides is 1. The first-order valence-electron chi connectivity index (χ1n) is 10.6. The van der Waals surface area contributed by atoms with E-state index in [4.69, 9.17) is 27.9 Å². The van der Waals surface area contributed by atoms with E-state index >= 15 is 0 Å². The highest BCUT2D eigenvalue weighted by Crippen LogP contribution is 2.41. The third-order valence-electron chi connectivity index (χ3n) is 5.46. The van der Waals surface area contributed by atoms with Gasteiger partial charge in [0.05, 0.1) is 12.7 Å². The Morgan fingerprint density at radius 1 is 1.00 bits per heavy atom. The summed E-state index contributed by atoms with van der Waals surface area (Å²) < 4.78 is 38.6. The number of benzene rings is 4. The van der Waals surface area contributed by atoms with Crippen molar-refractivity contribution in [3.63, 3.8) is 0 Å². The van der Waals surface area contributed by atoms with Crippen LogP contribution in [0.4, 0.5) is 17.1 Å². The molecule has 0 spiro atoms. The standard InChI is InChI=1S/C25H19Cl2N3O6S/c1-13-20(27)7-8-21(37(33,34)35)22(13)29-30-23-18-6-4-3-5-14(18)9-19(24(23)31)25(32)28-16-10-15(26)11-17(12-16)36-2/h3-12,31H,1-2H3,(H,28,32)(H,33,34,35). The zero-order chi connectivity index (χ0) is 26.9. The van der Waals surface area contributed by atoms with Crippen molar-refractivity contribution < 1.29 is 27.6 Å². The number of hydrogen-bond donors (Lipinski definition) is 3. The smallest absolute Gasteiger partial charge is 0.296 e. The number of nitrogens with one attached hydrogen (secondary N) is 1. The fourth-order valence-corrected chi connectivity index (χ4v) is 4.68. The van der Waals surface area contributed by atoms with E-state index in [0.717, 1.165) is 6.07 Å². The van der Waals surface area contributed by atoms with Crippen LogP contribution in [-0.4, -0.2) is 31.1 Å². The van der Waals surface area contributed by atoms with Crippen molar-refractivity contribution in [1.82, 2.24) is 0 Å². The number of carbonyl (C=O) groups excluding carboxylic acids is 1. The van der Waals surface area contributed by atoms with Crippen molar-refractivity contribution >= 4 is 67.1 Å². The summed E-state index contributed by atoms with van der Waals surface area (Å²) in [4.78, 5) is 12.6. The molecule has 4 aromatic rings. The zero-order valence-corrected chi connectivity index (χ0v) is 21.7. The first-order valence-corrected chi connectivity index (χ1v) is 12.8. The minimum absolute atomic E-state index is 0.0902. The monoisotopic (exact) mass is 559 g/mol. The summed E-state index contributed by atoms with van der Waals surface area (Å²) in [5.41, 5.74) is 0.155. The molecule has 4 aromatic carbocycles. The van der Waals surface area contributed by atoms with E-state index in [0.29, 0.717) is 27.2 Å². The molecule has 37 heavy (non-hydrogen) atoms. The van der Waals surface area contributed by atoms with Crippen LogP contribution in [0.15, 0.2) is 75.8 Å². The highest BCUT2D eigenvalue weighted by molar-refractivity contribution is 7.86. The molecule has 3 N–H and O–H groups in total. The lowest BCUT2D eigenvalue weighted by atomic mass is 10.0. The molecule has 0 aliphatic heterocycles. The van der Waals surface area contributed by atoms with Crippen molar-refractivity contribution in [2.45, 2.75) is 11.8 Å². The number of anilines is 1. The maximum absolute atomic E-state index is 13.1. The van der Waals surface area contributed by atoms with Crippen molar-refractivity contribution in [3.05, 3.63) is 81.8 Å². The van der Waals surface area contributed by atoms with Gasteiger partial charge in [-0.25, -0.2) is 0 Å². The van der Waals surface area contributed by atoms with Gasteiger partial charge in [0.15, 0.2) is 5.75 Å². The average molecular weight is 560 g/mol. The topological polar surface area (TPSA) is 138 Å². The number of nitrogens with zero attached hydrogens (tertiary/aromatic N) is 2. The highest BCUT2D eigenvalue weighted by atomic mass is 35.5. The largest absolute Gasteiger partial charge is 0.505 e. The molecule has 0 heterocycles. The van der Waals surface area contributed by atoms with Gasteiger partial charge in [-0.2, -0.15) is 8.42 Å². The molecule has 0 radical (unpaired) electrons. The van der Waals surface area contributed by atoms with E-state index in [2.05, 4.69) is 15.5 Å². The molecular weight excluding hydrogens is 541 g/mol. The van der Waals surface area contributed by atoms with Gasteiger partial charge in [-0.05, 0) is 48.2 Å². The van der Waals surface area contributed by atoms with Gasteiger partial charge in [-0.15, -0.1) is 10.2 Å². The molecule has 0 saturated carbocycles. The first kappa shape index (κ1) is 26.4. The highest BCUT2D eigenvalue weighted by Gasteiger charge is 2.21. The lowest BCUT2D eigenvalue weighted by molar-refractivity contribution is 0.102. The molecule has 0 saturated heterocycles. The van der Waals surface area contributed by atoms with E-state index < -0.39 is 26.7 Å². The fraction of sp³-hybridized carbons (Fsp3) is 0.0800. The Kier molecular flexibility index (Phi) is 7.37. The number of hydrogen-bond acceptors (Lipinski definition) is 7. The Morgan fingerprint density at radius 3 is 2.41 bits per heavy atom. The Morgan fingerprint density at radius 2 is 1.70 bits per heavy atom. The molecular formula is C25H19Cl2N3O6S. The quantitative estimate of drug-likeness (QED) is 0.170. The van der Waals surface area contributed by atoms with Crippen LogP contribution in [0.1, 0.15) is 15.9 Å². The van der Waals surface area contributed by atoms with Gasteiger partial charge >= 0.3 is 0 Å². The third kappa shape index (κ3) is 5.52. The normalized spacial score (nSPS) is 11.7. The number of aromatic hydroxyl groups is 1. The Labute approximate surface area is 222 Å². The van der Waals surface area contributed by atoms with Crippen molar-refractivity contribution in [2.75, 3.05) is 12.4 Å². The van der Waals surface area contributed by atoms with E-state index in [9.17, 15) is 22.9 Å². The van der Waals surface area contributed by atoms with Gasteiger partial charge in [-0.3, -0.25) is 9.35 Å². The zero-order valence-electron chi connectivity index (χ0n) is 19.4. The minimum atomic E-state index is -4.66. The number of phenols is 1. The molecule has 12 heteroatoms. The Balaban J connectivity index is 1.85. The molecule has 0 unspecified atom stereocenters. The van der Waals surface area contributed by atoms with Crippen molar-refractivity contribution in [2.24, 2.45) is 10.2 Å². The summed E-state index contributed by atoms with van der Waals surface area (Å²) in [6.45, 7) is 1.51. The van der Waals surface area contributed by atoms with E-state index in [1.807, 2.05) is 0 Å². The van der Waals surface area contributed by atoms with Crippen LogP contribution < -0.4 is 10.1 Å². The van der Waals surface area contributed by atoms with Crippen LogP contribution in [0.3, 0.4) is 0 Å². The molecule has 0 bridgehead atoms. The van der Waals surface area contributed by atoms with E-state index in [-0.39, 0.29) is 27.5 Å². The number of methoxy groups -OCH3 is 1. The second kappa shape index (κ2) is 10.3. The third-order valence-corrected chi connectivity index (χ3v) is 6.97. The molecule has 190 valence electrons. The summed E-state index contributed by atoms with van der Waals surface area (Å²) in [5, 5.41) is 23.3. The average Bonchev–Trinajstić information content (AvgIpc) is 2.84. The molecule has 1 amide bonds. The van der Waals surface area contributed by atoms with Crippen LogP contribution in [0.25, 0.3) is 10.8 Å². The molecule has 0 fully saturated rings. The summed E-state index contributed by atoms with van der Waals surface area (Å²) in [6, 6.07) is 15.3. The summed E-state index contributed by atoms with van der Waals surface area (Å²) in [6.07, 6.45) is 0. The summed E-state index contributed by atoms with van der Waals surface area (Å²) in [7, 11) is -3.20. The number of ether oxygens (including phenoxy) is 1. The summed E-state index contributed by atoms with van der Waals surface area (Å²) in [5.74, 6) is -0.741. The van der Waals surface area contributed by atoms with Crippen molar-refractivity contribution in [3.8, 4) is 11.5 Å². The lowest BCUT2D eigenvalue weighted by Gasteiger charge is -2.12. The van der Waals surface area contributed by atoms with Gasteiger partial charge < -0.3 is 15.2 Å². The number of halogens is 2. The molecule has 0 atom stereocenters. The number of rotatable bonds is 6. The van der Waals surface area contributed by atoms with E-state index in [1.54, 1.807) is 36.4 Å². The molecule has 4 rings (SSSR count). The maximum Gasteiger partial charge on any atom is 0.296 e. The molecule has 0 aliphatic carbocycles. The van der Waals surface area contributed by atoms with Gasteiger partial charge in [0.1, 0.15) is 22.0 Å². The Bertz CT molecular complexity index is 1690. The molecule has 0 aromatic heterocycles. The van der Waals surface area contributed by atoms with E-state index in [1.165, 1.54) is 32.2 Å². The van der Waals surface area contributed by atoms with Gasteiger partial charge in [-0.1, -0.05) is 47.5 Å². The first-order chi connectivity index (χ1) is 17.5. The van der Waals surface area contributed by atoms with Gasteiger partial charge in [0, 0.05) is 27.2 Å². The SMILES string of the molecule is COc1cc(Cl)cc(NC(=O)c2cc3ccccc3c(N=Nc3c(S(=O)(=O)O)ccc(Cl)c3C)c2O)c1. The van der Waals surface area contributed by atoms with Crippen LogP contribution in [0, 0.1) is 6.92 Å². The van der Waals surface area contributed by atoms with Gasteiger partial charge in [0.25, 0.3) is 16.0 Å². The van der Waals surface area contributed by atoms with Crippen molar-refractivity contribution in [1.29, 1.82) is 0 Å². The van der Waals surface area contributed by atoms with Crippen LogP contribution in [0.2, 0.25) is 10.0 Å². The second-order valence-electron chi connectivity index (χ2n) is 7.87. The number of fused-ring (bicyclic) bond motifs is 1. The lowest BCUT2D eigenvalue weighted by Crippen LogP contribution is -2.12. The predicted octanol–water partition coefficient (Wildman–Crippen LogP) is 7.08. The predicted molar refractivity (Wildman–Crippen MR) is 142 cm³/mol. The Hall–Kier alpha value is -3.70. The number of phenolic OH excluding ortho intramolecular Hbond substituents is 1. The van der Waals surface area contributed by atoms with Crippen LogP contribution in [-0.2, 0) is 10.1 Å². The molecule has 9 nitrogen and oxygen atoms in total. The molecule has 0 aliphatic rings. The fourth-order valence-electron chi connectivity index (χ4n) is 3.63. The number of azo groups is 1. The van der Waals surface area contributed by atoms with Crippen LogP contribution in [0.5, 0.6) is 11.5 Å². The number of carbonyl (C=O) groups is 1. The summed E-state index contributed by atoms with van der Waals surface area (Å²) >= 11 is 12.2. The second-order valence-corrected chi connectivity index (χ2v) is 10.1. The van der Waals surface area contributed by atoms with Gasteiger partial charge in [0.2, 0.25) is 0 Å².